The molecule has 0 spiro atoms. The van der Waals surface area contributed by atoms with Crippen molar-refractivity contribution in [1.29, 1.82) is 0 Å². The summed E-state index contributed by atoms with van der Waals surface area (Å²) in [5.74, 6) is 0.878. The van der Waals surface area contributed by atoms with Gasteiger partial charge in [0.15, 0.2) is 15.8 Å². The molecule has 2 aromatic heterocycles. The fourth-order valence-electron chi connectivity index (χ4n) is 2.67. The second kappa shape index (κ2) is 14.3. The third-order valence-corrected chi connectivity index (χ3v) is 7.25. The molecular weight excluding hydrogens is 572 g/mol. The van der Waals surface area contributed by atoms with Crippen molar-refractivity contribution in [2.75, 3.05) is 11.5 Å². The minimum atomic E-state index is -4.85. The van der Waals surface area contributed by atoms with Crippen LogP contribution in [0.2, 0.25) is 0 Å². The van der Waals surface area contributed by atoms with Crippen molar-refractivity contribution < 1.29 is 86.7 Å². The van der Waals surface area contributed by atoms with Crippen molar-refractivity contribution in [2.24, 2.45) is 10.2 Å². The molecular formula is C17H19N7Na2O6S4. The summed E-state index contributed by atoms with van der Waals surface area (Å²) in [6.45, 7) is 7.66. The Labute approximate surface area is 264 Å². The molecule has 1 aromatic carbocycles. The number of aromatic nitrogens is 4. The van der Waals surface area contributed by atoms with Gasteiger partial charge in [0.05, 0.1) is 28.3 Å². The van der Waals surface area contributed by atoms with Crippen LogP contribution in [0.1, 0.15) is 33.4 Å². The maximum absolute atomic E-state index is 11.7. The van der Waals surface area contributed by atoms with Gasteiger partial charge in [0.25, 0.3) is 5.13 Å². The van der Waals surface area contributed by atoms with Crippen LogP contribution in [0.5, 0.6) is 0 Å². The molecule has 36 heavy (non-hydrogen) atoms. The summed E-state index contributed by atoms with van der Waals surface area (Å²) < 4.78 is 41.2. The van der Waals surface area contributed by atoms with E-state index in [0.717, 1.165) is 22.2 Å². The predicted octanol–water partition coefficient (Wildman–Crippen LogP) is -2.73. The number of nitrogens with zero attached hydrogens (tertiary/aromatic N) is 6. The van der Waals surface area contributed by atoms with E-state index in [-0.39, 0.29) is 81.2 Å². The molecule has 0 saturated heterocycles. The van der Waals surface area contributed by atoms with Crippen LogP contribution in [0, 0.1) is 0 Å². The zero-order valence-corrected chi connectivity index (χ0v) is 27.5. The topological polar surface area (TPSA) is 193 Å². The van der Waals surface area contributed by atoms with Gasteiger partial charge in [-0.25, -0.2) is 13.1 Å². The van der Waals surface area contributed by atoms with Gasteiger partial charge in [0.2, 0.25) is 0 Å². The van der Waals surface area contributed by atoms with Gasteiger partial charge >= 0.3 is 59.1 Å². The summed E-state index contributed by atoms with van der Waals surface area (Å²) in [5, 5.41) is 34.7. The van der Waals surface area contributed by atoms with Gasteiger partial charge in [-0.15, -0.1) is 20.4 Å². The van der Waals surface area contributed by atoms with Crippen molar-refractivity contribution >= 4 is 61.9 Å². The summed E-state index contributed by atoms with van der Waals surface area (Å²) in [4.78, 5) is -0.486. The Morgan fingerprint density at radius 1 is 1.19 bits per heavy atom. The smallest absolute Gasteiger partial charge is 0.744 e. The Morgan fingerprint density at radius 3 is 2.47 bits per heavy atom. The standard InChI is InChI=1S/C17H21N7O6S4.2Na/c1-5-31-16-22-21-15(32-16)20-19-12-13(17(2,3)4)23-24(14(12)18)9-6-10(33-30-29-25)8-11(7-9)34(26,27)28;;/h6-8,25H,5,18H2,1-4H3,(H,26,27,28);;/q;2*+1/p-2. The first-order valence-corrected chi connectivity index (χ1v) is 13.4. The van der Waals surface area contributed by atoms with Gasteiger partial charge in [-0.05, 0) is 24.0 Å². The summed E-state index contributed by atoms with van der Waals surface area (Å²) in [6, 6.07) is 3.54. The molecule has 13 nitrogen and oxygen atoms in total. The van der Waals surface area contributed by atoms with E-state index >= 15 is 0 Å². The summed E-state index contributed by atoms with van der Waals surface area (Å²) in [7, 11) is -4.85. The van der Waals surface area contributed by atoms with Gasteiger partial charge in [0, 0.05) is 10.3 Å². The fourth-order valence-corrected chi connectivity index (χ4v) is 5.29. The van der Waals surface area contributed by atoms with E-state index in [1.54, 1.807) is 0 Å². The van der Waals surface area contributed by atoms with E-state index in [9.17, 15) is 18.2 Å². The van der Waals surface area contributed by atoms with Gasteiger partial charge in [-0.2, -0.15) is 9.43 Å². The average Bonchev–Trinajstić information content (AvgIpc) is 3.34. The molecule has 184 valence electrons. The first kappa shape index (κ1) is 33.9. The number of rotatable bonds is 9. The number of nitrogens with two attached hydrogens (primary N) is 1. The van der Waals surface area contributed by atoms with E-state index in [2.05, 4.69) is 34.9 Å². The number of thioether (sulfide) groups is 1. The van der Waals surface area contributed by atoms with E-state index < -0.39 is 20.4 Å². The number of benzene rings is 1. The first-order valence-electron chi connectivity index (χ1n) is 9.45. The maximum atomic E-state index is 11.7. The molecule has 19 heteroatoms. The summed E-state index contributed by atoms with van der Waals surface area (Å²) in [5.41, 5.74) is 6.63. The van der Waals surface area contributed by atoms with Gasteiger partial charge < -0.3 is 15.5 Å². The normalized spacial score (nSPS) is 11.9. The Balaban J connectivity index is 0.00000324. The van der Waals surface area contributed by atoms with E-state index in [0.29, 0.717) is 22.9 Å². The molecule has 3 rings (SSSR count). The summed E-state index contributed by atoms with van der Waals surface area (Å²) in [6.07, 6.45) is 0. The van der Waals surface area contributed by atoms with E-state index in [1.807, 2.05) is 27.7 Å². The molecule has 0 aliphatic heterocycles. The molecule has 0 amide bonds. The third kappa shape index (κ3) is 8.70. The van der Waals surface area contributed by atoms with Crippen LogP contribution in [0.25, 0.3) is 5.69 Å². The number of nitrogen functional groups attached to an aromatic ring is 1. The van der Waals surface area contributed by atoms with E-state index in [4.69, 9.17) is 5.73 Å². The quantitative estimate of drug-likeness (QED) is 0.0515. The Bertz CT molecular complexity index is 1310. The molecule has 3 aromatic rings. The molecule has 0 atom stereocenters. The zero-order valence-electron chi connectivity index (χ0n) is 20.3. The number of hydrogen-bond donors (Lipinski definition) is 1. The van der Waals surface area contributed by atoms with Crippen molar-refractivity contribution in [2.45, 2.75) is 47.2 Å². The average molecular weight is 592 g/mol. The largest absolute Gasteiger partial charge is 1.00 e. The van der Waals surface area contributed by atoms with Gasteiger partial charge in [-0.1, -0.05) is 50.8 Å². The van der Waals surface area contributed by atoms with Crippen LogP contribution in [0.15, 0.2) is 42.6 Å². The number of hydrogen-bond acceptors (Lipinski definition) is 15. The number of anilines is 1. The maximum Gasteiger partial charge on any atom is 1.00 e. The predicted molar refractivity (Wildman–Crippen MR) is 123 cm³/mol. The van der Waals surface area contributed by atoms with Gasteiger partial charge in [0.1, 0.15) is 10.1 Å². The van der Waals surface area contributed by atoms with Crippen LogP contribution >= 0.6 is 35.1 Å². The van der Waals surface area contributed by atoms with Crippen molar-refractivity contribution in [1.82, 2.24) is 20.0 Å². The fraction of sp³-hybridized carbons (Fsp3) is 0.353. The molecule has 0 bridgehead atoms. The molecule has 0 aliphatic carbocycles. The zero-order chi connectivity index (χ0) is 25.1. The van der Waals surface area contributed by atoms with Crippen molar-refractivity contribution in [3.63, 3.8) is 0 Å². The summed E-state index contributed by atoms with van der Waals surface area (Å²) >= 11 is 3.21. The Morgan fingerprint density at radius 2 is 1.89 bits per heavy atom. The molecule has 0 unspecified atom stereocenters. The van der Waals surface area contributed by atoms with Crippen LogP contribution in [-0.4, -0.2) is 38.7 Å². The Hall–Kier alpha value is -0.120. The van der Waals surface area contributed by atoms with Crippen LogP contribution in [-0.2, 0) is 24.9 Å². The SMILES string of the molecule is CCSc1nnc(N=Nc2c(C(C)(C)C)nn(-c3cc(SOO[O-])cc(S(=O)(=O)[O-])c3)c2N)s1.[Na+].[Na+]. The second-order valence-electron chi connectivity index (χ2n) is 7.56. The van der Waals surface area contributed by atoms with Crippen LogP contribution in [0.3, 0.4) is 0 Å². The minimum absolute atomic E-state index is 0. The monoisotopic (exact) mass is 591 g/mol. The van der Waals surface area contributed by atoms with E-state index in [1.165, 1.54) is 33.8 Å². The third-order valence-electron chi connectivity index (χ3n) is 4.06. The molecule has 2 heterocycles. The Kier molecular flexibility index (Phi) is 13.5. The minimum Gasteiger partial charge on any atom is -0.744 e. The molecule has 0 aliphatic rings. The van der Waals surface area contributed by atoms with Crippen LogP contribution in [0.4, 0.5) is 16.6 Å². The molecule has 0 fully saturated rings. The number of azo groups is 1. The second-order valence-corrected chi connectivity index (χ2v) is 12.2. The van der Waals surface area contributed by atoms with Crippen LogP contribution < -0.4 is 70.1 Å². The van der Waals surface area contributed by atoms with Crippen molar-refractivity contribution in [3.05, 3.63) is 23.9 Å². The van der Waals surface area contributed by atoms with Crippen molar-refractivity contribution in [3.8, 4) is 5.69 Å². The van der Waals surface area contributed by atoms with Gasteiger partial charge in [-0.3, -0.25) is 5.04 Å². The molecule has 2 N–H and O–H groups in total. The first-order chi connectivity index (χ1) is 15.9. The molecule has 0 radical (unpaired) electrons. The molecule has 0 saturated carbocycles.